The first-order valence-electron chi connectivity index (χ1n) is 3.04. The smallest absolute Gasteiger partial charge is 0.538 e. The van der Waals surface area contributed by atoms with Crippen molar-refractivity contribution in [3.8, 4) is 0 Å². The van der Waals surface area contributed by atoms with Crippen LogP contribution in [0.1, 0.15) is 13.8 Å². The molecule has 64 valence electrons. The predicted molar refractivity (Wildman–Crippen MR) is 43.2 cm³/mol. The van der Waals surface area contributed by atoms with Crippen molar-refractivity contribution in [1.82, 2.24) is 4.31 Å². The summed E-state index contributed by atoms with van der Waals surface area (Å²) in [5, 5.41) is 0. The topological polar surface area (TPSA) is 51.5 Å². The van der Waals surface area contributed by atoms with Crippen molar-refractivity contribution in [2.75, 3.05) is 21.1 Å². The second-order valence-corrected chi connectivity index (χ2v) is 3.43. The average Bonchev–Trinajstić information content (AvgIpc) is 1.92. The summed E-state index contributed by atoms with van der Waals surface area (Å²) < 4.78 is 25.1. The van der Waals surface area contributed by atoms with Gasteiger partial charge in [-0.05, 0) is 0 Å². The zero-order valence-electron chi connectivity index (χ0n) is 8.12. The van der Waals surface area contributed by atoms with Crippen LogP contribution in [0.4, 0.5) is 0 Å². The van der Waals surface area contributed by atoms with Crippen molar-refractivity contribution < 1.29 is 66.6 Å². The summed E-state index contributed by atoms with van der Waals surface area (Å²) in [5.74, 6) is 0. The molecule has 0 aromatic carbocycles. The third kappa shape index (κ3) is 9.59. The van der Waals surface area contributed by atoms with E-state index in [-0.39, 0.29) is 58.2 Å². The molecule has 0 bridgehead atoms. The van der Waals surface area contributed by atoms with Gasteiger partial charge < -0.3 is 4.72 Å². The van der Waals surface area contributed by atoms with Gasteiger partial charge in [-0.15, -0.1) is 7.05 Å². The Balaban J connectivity index is -0.000000196. The van der Waals surface area contributed by atoms with Crippen LogP contribution in [0.5, 0.6) is 0 Å². The molecule has 0 saturated carbocycles. The van der Waals surface area contributed by atoms with Crippen molar-refractivity contribution in [1.29, 1.82) is 0 Å². The zero-order valence-corrected chi connectivity index (χ0v) is 13.9. The first-order valence-corrected chi connectivity index (χ1v) is 4.44. The van der Waals surface area contributed by atoms with E-state index in [2.05, 4.69) is 4.72 Å². The van der Waals surface area contributed by atoms with E-state index in [0.717, 1.165) is 4.31 Å². The van der Waals surface area contributed by atoms with E-state index in [9.17, 15) is 8.42 Å². The third-order valence-corrected chi connectivity index (χ3v) is 2.08. The fraction of sp³-hybridized carbons (Fsp3) is 1.00. The Morgan fingerprint density at radius 1 is 1.18 bits per heavy atom. The Kier molecular flexibility index (Phi) is 16.4. The summed E-state index contributed by atoms with van der Waals surface area (Å²) in [7, 11) is 0.833. The van der Waals surface area contributed by atoms with Crippen LogP contribution >= 0.6 is 0 Å². The molecule has 0 unspecified atom stereocenters. The summed E-state index contributed by atoms with van der Waals surface area (Å²) in [6.45, 7) is 4.00. The molecule has 0 heterocycles. The molecule has 0 amide bonds. The maximum atomic E-state index is 10.5. The second-order valence-electron chi connectivity index (χ2n) is 1.44. The number of nitrogens with zero attached hydrogens (tertiary/aromatic N) is 2. The van der Waals surface area contributed by atoms with Crippen LogP contribution in [-0.2, 0) is 10.2 Å². The van der Waals surface area contributed by atoms with Crippen LogP contribution in [0, 0.1) is 0 Å². The largest absolute Gasteiger partial charge is 1.00 e. The van der Waals surface area contributed by atoms with Crippen molar-refractivity contribution >= 4 is 10.2 Å². The minimum atomic E-state index is -3.28. The van der Waals surface area contributed by atoms with Gasteiger partial charge in [-0.1, -0.05) is 13.8 Å². The molecule has 0 saturated heterocycles. The fourth-order valence-corrected chi connectivity index (χ4v) is 0.490. The summed E-state index contributed by atoms with van der Waals surface area (Å²) in [6, 6.07) is 0. The molecule has 6 heteroatoms. The SMILES string of the molecule is CC.C[N-]S(=O)(=O)N(C)C.[Rb+]. The first kappa shape index (κ1) is 18.5. The Bertz CT molecular complexity index is 156. The maximum absolute atomic E-state index is 10.5. The fourth-order valence-electron chi connectivity index (χ4n) is 0.163. The van der Waals surface area contributed by atoms with Crippen molar-refractivity contribution in [3.63, 3.8) is 0 Å². The van der Waals surface area contributed by atoms with Crippen molar-refractivity contribution in [2.45, 2.75) is 13.8 Å². The van der Waals surface area contributed by atoms with E-state index in [0.29, 0.717) is 0 Å². The van der Waals surface area contributed by atoms with Gasteiger partial charge in [0.25, 0.3) is 0 Å². The Morgan fingerprint density at radius 2 is 1.45 bits per heavy atom. The van der Waals surface area contributed by atoms with Gasteiger partial charge in [0.05, 0.1) is 0 Å². The molecule has 0 N–H and O–H groups in total. The standard InChI is InChI=1S/C3H9N2O2S.C2H6.Rb/c1-4-8(6,7)5(2)3;1-2;/h1-3H3;1-2H3;/q-1;;+1. The van der Waals surface area contributed by atoms with E-state index in [4.69, 9.17) is 0 Å². The molecule has 0 aromatic rings. The van der Waals surface area contributed by atoms with Crippen LogP contribution < -0.4 is 58.2 Å². The van der Waals surface area contributed by atoms with Gasteiger partial charge in [-0.2, -0.15) is 0 Å². The number of hydrogen-bond acceptors (Lipinski definition) is 2. The maximum Gasteiger partial charge on any atom is 1.00 e. The summed E-state index contributed by atoms with van der Waals surface area (Å²) in [4.78, 5) is 0. The average molecular weight is 253 g/mol. The van der Waals surface area contributed by atoms with E-state index >= 15 is 0 Å². The number of hydrogen-bond donors (Lipinski definition) is 0. The molecule has 0 spiro atoms. The number of rotatable bonds is 2. The van der Waals surface area contributed by atoms with Crippen LogP contribution in [0.25, 0.3) is 4.72 Å². The molecular formula is C5H15N2O2RbS. The minimum absolute atomic E-state index is 0. The van der Waals surface area contributed by atoms with Gasteiger partial charge in [0, 0.05) is 14.1 Å². The molecule has 11 heavy (non-hydrogen) atoms. The van der Waals surface area contributed by atoms with Gasteiger partial charge in [0.1, 0.15) is 10.2 Å². The molecule has 0 fully saturated rings. The molecule has 0 atom stereocenters. The quantitative estimate of drug-likeness (QED) is 0.562. The Morgan fingerprint density at radius 3 is 1.45 bits per heavy atom. The molecule has 4 nitrogen and oxygen atoms in total. The second kappa shape index (κ2) is 9.76. The van der Waals surface area contributed by atoms with Crippen molar-refractivity contribution in [3.05, 3.63) is 4.72 Å². The summed E-state index contributed by atoms with van der Waals surface area (Å²) in [6.07, 6.45) is 0. The van der Waals surface area contributed by atoms with E-state index in [1.165, 1.54) is 21.1 Å². The molecule has 0 rings (SSSR count). The third-order valence-electron chi connectivity index (χ3n) is 0.692. The van der Waals surface area contributed by atoms with Gasteiger partial charge in [0.15, 0.2) is 0 Å². The molecule has 0 aromatic heterocycles. The van der Waals surface area contributed by atoms with E-state index in [1.54, 1.807) is 0 Å². The Labute approximate surface area is 119 Å². The van der Waals surface area contributed by atoms with Crippen LogP contribution in [0.15, 0.2) is 0 Å². The molecule has 0 aliphatic rings. The van der Waals surface area contributed by atoms with E-state index in [1.807, 2.05) is 13.8 Å². The van der Waals surface area contributed by atoms with Gasteiger partial charge >= 0.3 is 58.2 Å². The molecular weight excluding hydrogens is 238 g/mol. The molecule has 0 aliphatic carbocycles. The van der Waals surface area contributed by atoms with Gasteiger partial charge in [-0.25, -0.2) is 12.7 Å². The van der Waals surface area contributed by atoms with E-state index < -0.39 is 10.2 Å². The molecule has 0 radical (unpaired) electrons. The summed E-state index contributed by atoms with van der Waals surface area (Å²) >= 11 is 0. The van der Waals surface area contributed by atoms with Crippen LogP contribution in [0.2, 0.25) is 0 Å². The van der Waals surface area contributed by atoms with Gasteiger partial charge in [0.2, 0.25) is 0 Å². The normalized spacial score (nSPS) is 9.64. The van der Waals surface area contributed by atoms with Crippen molar-refractivity contribution in [2.24, 2.45) is 0 Å². The first-order chi connectivity index (χ1) is 4.50. The minimum Gasteiger partial charge on any atom is -0.538 e. The summed E-state index contributed by atoms with van der Waals surface area (Å²) in [5.41, 5.74) is 0. The van der Waals surface area contributed by atoms with Gasteiger partial charge in [-0.3, -0.25) is 0 Å². The monoisotopic (exact) mass is 252 g/mol. The van der Waals surface area contributed by atoms with Crippen LogP contribution in [-0.4, -0.2) is 33.9 Å². The zero-order chi connectivity index (χ0) is 8.78. The Hall–Kier alpha value is 1.68. The predicted octanol–water partition coefficient (Wildman–Crippen LogP) is -2.17. The van der Waals surface area contributed by atoms with Crippen LogP contribution in [0.3, 0.4) is 0 Å². The molecule has 0 aliphatic heterocycles.